The summed E-state index contributed by atoms with van der Waals surface area (Å²) >= 11 is 0. The van der Waals surface area contributed by atoms with E-state index in [4.69, 9.17) is 4.74 Å². The molecule has 2 N–H and O–H groups in total. The summed E-state index contributed by atoms with van der Waals surface area (Å²) in [5.74, 6) is -0.0628. The van der Waals surface area contributed by atoms with Crippen LogP contribution in [0.15, 0.2) is 0 Å². The molecule has 3 amide bonds. The molecule has 1 unspecified atom stereocenters. The standard InChI is InChI=1S/C11H21N3O3/c1-8(2)12-11(16)13-9(3)10(15)14-4-6-17-7-5-14/h8-9H,4-7H2,1-3H3,(H2,12,13,16). The lowest BCUT2D eigenvalue weighted by Gasteiger charge is -2.29. The summed E-state index contributed by atoms with van der Waals surface area (Å²) < 4.78 is 5.17. The number of nitrogens with one attached hydrogen (secondary N) is 2. The molecule has 98 valence electrons. The van der Waals surface area contributed by atoms with Gasteiger partial charge in [-0.15, -0.1) is 0 Å². The number of urea groups is 1. The Kier molecular flexibility index (Phi) is 5.21. The normalized spacial score (nSPS) is 17.8. The van der Waals surface area contributed by atoms with Crippen LogP contribution in [0, 0.1) is 0 Å². The molecule has 0 bridgehead atoms. The first-order chi connectivity index (χ1) is 8.00. The zero-order chi connectivity index (χ0) is 12.8. The number of carbonyl (C=O) groups excluding carboxylic acids is 2. The molecular weight excluding hydrogens is 222 g/mol. The molecule has 1 saturated heterocycles. The molecule has 0 aliphatic carbocycles. The van der Waals surface area contributed by atoms with Gasteiger partial charge in [0.15, 0.2) is 0 Å². The van der Waals surface area contributed by atoms with Crippen LogP contribution in [0.5, 0.6) is 0 Å². The molecule has 1 aliphatic rings. The largest absolute Gasteiger partial charge is 0.378 e. The SMILES string of the molecule is CC(C)NC(=O)NC(C)C(=O)N1CCOCC1. The van der Waals surface area contributed by atoms with E-state index in [0.29, 0.717) is 26.3 Å². The highest BCUT2D eigenvalue weighted by atomic mass is 16.5. The fraction of sp³-hybridized carbons (Fsp3) is 0.818. The van der Waals surface area contributed by atoms with Crippen molar-refractivity contribution >= 4 is 11.9 Å². The Balaban J connectivity index is 2.37. The Bertz CT molecular complexity index is 275. The number of carbonyl (C=O) groups is 2. The average Bonchev–Trinajstić information content (AvgIpc) is 2.28. The molecule has 0 spiro atoms. The first-order valence-corrected chi connectivity index (χ1v) is 5.94. The highest BCUT2D eigenvalue weighted by Crippen LogP contribution is 2.00. The van der Waals surface area contributed by atoms with Crippen LogP contribution in [0.3, 0.4) is 0 Å². The van der Waals surface area contributed by atoms with Crippen LogP contribution in [-0.2, 0) is 9.53 Å². The molecule has 1 fully saturated rings. The third-order valence-electron chi connectivity index (χ3n) is 2.46. The number of hydrogen-bond acceptors (Lipinski definition) is 3. The van der Waals surface area contributed by atoms with E-state index in [2.05, 4.69) is 10.6 Å². The Morgan fingerprint density at radius 3 is 2.24 bits per heavy atom. The number of hydrogen-bond donors (Lipinski definition) is 2. The van der Waals surface area contributed by atoms with Gasteiger partial charge in [0.1, 0.15) is 6.04 Å². The van der Waals surface area contributed by atoms with Crippen molar-refractivity contribution in [1.82, 2.24) is 15.5 Å². The molecule has 0 saturated carbocycles. The molecule has 1 aliphatic heterocycles. The second-order valence-corrected chi connectivity index (χ2v) is 4.43. The molecule has 1 rings (SSSR count). The second-order valence-electron chi connectivity index (χ2n) is 4.43. The number of morpholine rings is 1. The van der Waals surface area contributed by atoms with Crippen molar-refractivity contribution in [1.29, 1.82) is 0 Å². The van der Waals surface area contributed by atoms with E-state index in [9.17, 15) is 9.59 Å². The van der Waals surface area contributed by atoms with Crippen LogP contribution < -0.4 is 10.6 Å². The van der Waals surface area contributed by atoms with Crippen LogP contribution in [0.4, 0.5) is 4.79 Å². The van der Waals surface area contributed by atoms with Gasteiger partial charge in [-0.3, -0.25) is 4.79 Å². The minimum Gasteiger partial charge on any atom is -0.378 e. The van der Waals surface area contributed by atoms with E-state index in [0.717, 1.165) is 0 Å². The van der Waals surface area contributed by atoms with Crippen molar-refractivity contribution in [2.75, 3.05) is 26.3 Å². The monoisotopic (exact) mass is 243 g/mol. The molecule has 0 radical (unpaired) electrons. The quantitative estimate of drug-likeness (QED) is 0.729. The van der Waals surface area contributed by atoms with Crippen molar-refractivity contribution in [2.45, 2.75) is 32.9 Å². The topological polar surface area (TPSA) is 70.7 Å². The summed E-state index contributed by atoms with van der Waals surface area (Å²) in [6.45, 7) is 7.75. The van der Waals surface area contributed by atoms with Gasteiger partial charge >= 0.3 is 6.03 Å². The van der Waals surface area contributed by atoms with Gasteiger partial charge in [0.2, 0.25) is 5.91 Å². The van der Waals surface area contributed by atoms with E-state index in [-0.39, 0.29) is 18.0 Å². The van der Waals surface area contributed by atoms with Gasteiger partial charge in [-0.1, -0.05) is 0 Å². The van der Waals surface area contributed by atoms with Crippen LogP contribution in [0.1, 0.15) is 20.8 Å². The summed E-state index contributed by atoms with van der Waals surface area (Å²) in [5, 5.41) is 5.31. The van der Waals surface area contributed by atoms with Crippen molar-refractivity contribution in [3.05, 3.63) is 0 Å². The predicted molar refractivity (Wildman–Crippen MR) is 63.7 cm³/mol. The van der Waals surface area contributed by atoms with E-state index < -0.39 is 6.04 Å². The van der Waals surface area contributed by atoms with E-state index in [1.807, 2.05) is 13.8 Å². The van der Waals surface area contributed by atoms with Crippen molar-refractivity contribution in [3.63, 3.8) is 0 Å². The van der Waals surface area contributed by atoms with E-state index in [1.165, 1.54) is 0 Å². The molecule has 17 heavy (non-hydrogen) atoms. The van der Waals surface area contributed by atoms with Gasteiger partial charge in [-0.05, 0) is 20.8 Å². The first-order valence-electron chi connectivity index (χ1n) is 5.94. The van der Waals surface area contributed by atoms with Gasteiger partial charge in [0, 0.05) is 19.1 Å². The molecule has 1 heterocycles. The number of rotatable bonds is 3. The summed E-state index contributed by atoms with van der Waals surface area (Å²) in [7, 11) is 0. The molecule has 0 aromatic carbocycles. The van der Waals surface area contributed by atoms with Crippen molar-refractivity contribution < 1.29 is 14.3 Å². The van der Waals surface area contributed by atoms with Crippen molar-refractivity contribution in [3.8, 4) is 0 Å². The Morgan fingerprint density at radius 2 is 1.71 bits per heavy atom. The molecule has 1 atom stereocenters. The fourth-order valence-corrected chi connectivity index (χ4v) is 1.62. The van der Waals surface area contributed by atoms with Crippen LogP contribution in [0.2, 0.25) is 0 Å². The van der Waals surface area contributed by atoms with Gasteiger partial charge in [0.05, 0.1) is 13.2 Å². The molecule has 0 aromatic rings. The third kappa shape index (κ3) is 4.60. The van der Waals surface area contributed by atoms with Gasteiger partial charge in [0.25, 0.3) is 0 Å². The maximum atomic E-state index is 11.9. The highest BCUT2D eigenvalue weighted by molar-refractivity contribution is 5.86. The maximum Gasteiger partial charge on any atom is 0.315 e. The Labute approximate surface area is 102 Å². The number of nitrogens with zero attached hydrogens (tertiary/aromatic N) is 1. The molecule has 6 nitrogen and oxygen atoms in total. The average molecular weight is 243 g/mol. The minimum atomic E-state index is -0.508. The lowest BCUT2D eigenvalue weighted by Crippen LogP contribution is -2.53. The smallest absolute Gasteiger partial charge is 0.315 e. The van der Waals surface area contributed by atoms with Gasteiger partial charge in [-0.2, -0.15) is 0 Å². The summed E-state index contributed by atoms with van der Waals surface area (Å²) in [4.78, 5) is 25.1. The van der Waals surface area contributed by atoms with Gasteiger partial charge < -0.3 is 20.3 Å². The summed E-state index contributed by atoms with van der Waals surface area (Å²) in [6, 6.07) is -0.762. The summed E-state index contributed by atoms with van der Waals surface area (Å²) in [5.41, 5.74) is 0. The minimum absolute atomic E-state index is 0.0562. The zero-order valence-electron chi connectivity index (χ0n) is 10.7. The zero-order valence-corrected chi connectivity index (χ0v) is 10.7. The highest BCUT2D eigenvalue weighted by Gasteiger charge is 2.23. The van der Waals surface area contributed by atoms with Crippen LogP contribution >= 0.6 is 0 Å². The first kappa shape index (κ1) is 13.8. The fourth-order valence-electron chi connectivity index (χ4n) is 1.62. The van der Waals surface area contributed by atoms with E-state index in [1.54, 1.807) is 11.8 Å². The van der Waals surface area contributed by atoms with Crippen molar-refractivity contribution in [2.24, 2.45) is 0 Å². The molecular formula is C11H21N3O3. The number of ether oxygens (including phenoxy) is 1. The van der Waals surface area contributed by atoms with Crippen LogP contribution in [-0.4, -0.2) is 55.2 Å². The Hall–Kier alpha value is -1.30. The second kappa shape index (κ2) is 6.44. The predicted octanol–water partition coefficient (Wildman–Crippen LogP) is -0.0587. The van der Waals surface area contributed by atoms with Crippen LogP contribution in [0.25, 0.3) is 0 Å². The van der Waals surface area contributed by atoms with Gasteiger partial charge in [-0.25, -0.2) is 4.79 Å². The lowest BCUT2D eigenvalue weighted by molar-refractivity contribution is -0.136. The number of amides is 3. The molecule has 6 heteroatoms. The third-order valence-corrected chi connectivity index (χ3v) is 2.46. The Morgan fingerprint density at radius 1 is 1.12 bits per heavy atom. The molecule has 0 aromatic heterocycles. The lowest BCUT2D eigenvalue weighted by atomic mass is 10.2. The van der Waals surface area contributed by atoms with E-state index >= 15 is 0 Å². The maximum absolute atomic E-state index is 11.9. The summed E-state index contributed by atoms with van der Waals surface area (Å²) in [6.07, 6.45) is 0.